The molecule has 0 aromatic heterocycles. The third-order valence-corrected chi connectivity index (χ3v) is 7.61. The van der Waals surface area contributed by atoms with Crippen LogP contribution in [-0.4, -0.2) is 89.2 Å². The van der Waals surface area contributed by atoms with Crippen molar-refractivity contribution in [2.45, 2.75) is 51.2 Å². The molecule has 0 N–H and O–H groups in total. The van der Waals surface area contributed by atoms with Crippen LogP contribution >= 0.6 is 0 Å². The van der Waals surface area contributed by atoms with Gasteiger partial charge in [-0.15, -0.1) is 10.1 Å². The lowest BCUT2D eigenvalue weighted by Gasteiger charge is -2.43. The second kappa shape index (κ2) is 16.0. The van der Waals surface area contributed by atoms with E-state index in [1.165, 1.54) is 0 Å². The first-order valence-electron chi connectivity index (χ1n) is 14.1. The minimum Gasteiger partial charge on any atom is -0.493 e. The van der Waals surface area contributed by atoms with Crippen molar-refractivity contribution in [1.82, 2.24) is 9.80 Å². The van der Waals surface area contributed by atoms with Crippen LogP contribution in [0.2, 0.25) is 0 Å². The van der Waals surface area contributed by atoms with Gasteiger partial charge in [-0.2, -0.15) is 5.26 Å². The van der Waals surface area contributed by atoms with Crippen molar-refractivity contribution >= 4 is 0 Å². The van der Waals surface area contributed by atoms with E-state index in [0.717, 1.165) is 17.5 Å². The summed E-state index contributed by atoms with van der Waals surface area (Å²) in [4.78, 5) is 19.8. The zero-order valence-electron chi connectivity index (χ0n) is 26.4. The molecule has 232 valence electrons. The van der Waals surface area contributed by atoms with Gasteiger partial charge in [0, 0.05) is 19.1 Å². The normalized spacial score (nSPS) is 14.2. The van der Waals surface area contributed by atoms with Crippen molar-refractivity contribution in [2.75, 3.05) is 62.2 Å². The van der Waals surface area contributed by atoms with Gasteiger partial charge in [0.1, 0.15) is 12.0 Å². The minimum atomic E-state index is -0.800. The molecule has 2 aromatic rings. The molecule has 0 amide bonds. The second-order valence-electron chi connectivity index (χ2n) is 10.9. The second-order valence-corrected chi connectivity index (χ2v) is 10.9. The molecule has 42 heavy (non-hydrogen) atoms. The van der Waals surface area contributed by atoms with Gasteiger partial charge in [0.25, 0.3) is 5.09 Å². The molecule has 0 fully saturated rings. The molecule has 0 radical (unpaired) electrons. The van der Waals surface area contributed by atoms with Gasteiger partial charge < -0.3 is 33.6 Å². The lowest BCUT2D eigenvalue weighted by Crippen LogP contribution is -2.51. The van der Waals surface area contributed by atoms with Gasteiger partial charge >= 0.3 is 0 Å². The molecule has 11 heteroatoms. The smallest absolute Gasteiger partial charge is 0.294 e. The molecule has 0 aliphatic rings. The number of nitrogens with zero attached hydrogens (tertiary/aromatic N) is 4. The van der Waals surface area contributed by atoms with E-state index in [2.05, 4.69) is 31.7 Å². The van der Waals surface area contributed by atoms with Crippen LogP contribution in [0.1, 0.15) is 38.3 Å². The first-order chi connectivity index (χ1) is 20.0. The maximum absolute atomic E-state index is 10.9. The van der Waals surface area contributed by atoms with Gasteiger partial charge in [-0.05, 0) is 75.3 Å². The molecule has 2 aromatic carbocycles. The Hall–Kier alpha value is -3.75. The molecule has 3 unspecified atom stereocenters. The van der Waals surface area contributed by atoms with Crippen LogP contribution in [0, 0.1) is 27.4 Å². The SMILES string of the molecule is CCC(N(C)CCc1ccc(OC)c(OCC(CN(C)C)O[N+](=O)[O-])c1)C(C#N)(c1ccc(OC)c(OC)c1)C(C)C. The van der Waals surface area contributed by atoms with Gasteiger partial charge in [0.2, 0.25) is 0 Å². The zero-order chi connectivity index (χ0) is 31.4. The molecule has 0 spiro atoms. The average Bonchev–Trinajstić information content (AvgIpc) is 2.96. The quantitative estimate of drug-likeness (QED) is 0.181. The Kier molecular flexibility index (Phi) is 13.2. The summed E-state index contributed by atoms with van der Waals surface area (Å²) in [5.74, 6) is 2.24. The number of ether oxygens (including phenoxy) is 4. The number of likely N-dealkylation sites (N-methyl/N-ethyl adjacent to an activating group) is 2. The molecule has 0 aliphatic carbocycles. The highest BCUT2D eigenvalue weighted by molar-refractivity contribution is 5.48. The topological polar surface area (TPSA) is 120 Å². The number of nitriles is 1. The highest BCUT2D eigenvalue weighted by Crippen LogP contribution is 2.42. The van der Waals surface area contributed by atoms with E-state index in [4.69, 9.17) is 23.8 Å². The fourth-order valence-corrected chi connectivity index (χ4v) is 5.53. The summed E-state index contributed by atoms with van der Waals surface area (Å²) in [5.41, 5.74) is 1.10. The summed E-state index contributed by atoms with van der Waals surface area (Å²) < 4.78 is 22.4. The van der Waals surface area contributed by atoms with Crippen molar-refractivity contribution in [3.8, 4) is 29.1 Å². The van der Waals surface area contributed by atoms with Crippen LogP contribution < -0.4 is 18.9 Å². The van der Waals surface area contributed by atoms with Crippen molar-refractivity contribution in [3.63, 3.8) is 0 Å². The Morgan fingerprint density at radius 1 is 0.976 bits per heavy atom. The largest absolute Gasteiger partial charge is 0.493 e. The molecule has 0 heterocycles. The average molecular weight is 587 g/mol. The molecular weight excluding hydrogens is 540 g/mol. The van der Waals surface area contributed by atoms with Gasteiger partial charge in [-0.1, -0.05) is 32.9 Å². The van der Waals surface area contributed by atoms with E-state index < -0.39 is 16.6 Å². The van der Waals surface area contributed by atoms with Gasteiger partial charge in [-0.25, -0.2) is 0 Å². The Morgan fingerprint density at radius 3 is 2.12 bits per heavy atom. The summed E-state index contributed by atoms with van der Waals surface area (Å²) in [7, 11) is 10.4. The predicted octanol–water partition coefficient (Wildman–Crippen LogP) is 4.60. The monoisotopic (exact) mass is 586 g/mol. The minimum absolute atomic E-state index is 0.0127. The Morgan fingerprint density at radius 2 is 1.60 bits per heavy atom. The van der Waals surface area contributed by atoms with Crippen molar-refractivity contribution in [1.29, 1.82) is 5.26 Å². The number of hydrogen-bond acceptors (Lipinski definition) is 10. The number of methoxy groups -OCH3 is 3. The highest BCUT2D eigenvalue weighted by atomic mass is 17.0. The predicted molar refractivity (Wildman–Crippen MR) is 161 cm³/mol. The van der Waals surface area contributed by atoms with E-state index in [0.29, 0.717) is 42.5 Å². The van der Waals surface area contributed by atoms with Crippen LogP contribution in [-0.2, 0) is 16.7 Å². The molecule has 2 rings (SSSR count). The van der Waals surface area contributed by atoms with E-state index in [-0.39, 0.29) is 18.6 Å². The van der Waals surface area contributed by atoms with Crippen LogP contribution in [0.25, 0.3) is 0 Å². The molecular formula is C31H46N4O7. The lowest BCUT2D eigenvalue weighted by atomic mass is 9.66. The van der Waals surface area contributed by atoms with E-state index in [1.54, 1.807) is 26.2 Å². The molecule has 0 saturated carbocycles. The summed E-state index contributed by atoms with van der Waals surface area (Å²) in [6.07, 6.45) is 0.689. The zero-order valence-corrected chi connectivity index (χ0v) is 26.4. The van der Waals surface area contributed by atoms with Gasteiger partial charge in [-0.3, -0.25) is 0 Å². The molecule has 0 aliphatic heterocycles. The molecule has 0 bridgehead atoms. The van der Waals surface area contributed by atoms with Gasteiger partial charge in [0.15, 0.2) is 29.1 Å². The van der Waals surface area contributed by atoms with E-state index >= 15 is 0 Å². The standard InChI is InChI=1S/C31H46N4O7/c1-10-30(31(21-32,22(2)3)24-12-14-26(38-7)28(18-24)40-9)34(6)16-15-23-11-13-27(39-8)29(17-23)41-20-25(19-33(4)5)42-35(36)37/h11-14,17-18,22,25,30H,10,15-16,19-20H2,1-9H3. The molecule has 0 saturated heterocycles. The van der Waals surface area contributed by atoms with E-state index in [1.807, 2.05) is 57.5 Å². The van der Waals surface area contributed by atoms with Crippen molar-refractivity contribution in [2.24, 2.45) is 5.92 Å². The van der Waals surface area contributed by atoms with Crippen LogP contribution in [0.15, 0.2) is 36.4 Å². The summed E-state index contributed by atoms with van der Waals surface area (Å²) >= 11 is 0. The van der Waals surface area contributed by atoms with Gasteiger partial charge in [0.05, 0.1) is 27.4 Å². The summed E-state index contributed by atoms with van der Waals surface area (Å²) in [5, 5.41) is 20.8. The number of benzene rings is 2. The number of rotatable bonds is 18. The van der Waals surface area contributed by atoms with Crippen LogP contribution in [0.5, 0.6) is 23.0 Å². The number of hydrogen-bond donors (Lipinski definition) is 0. The third-order valence-electron chi connectivity index (χ3n) is 7.61. The Bertz CT molecular complexity index is 1200. The van der Waals surface area contributed by atoms with Crippen molar-refractivity contribution < 1.29 is 28.9 Å². The first-order valence-corrected chi connectivity index (χ1v) is 14.1. The lowest BCUT2D eigenvalue weighted by molar-refractivity contribution is -0.768. The summed E-state index contributed by atoms with van der Waals surface area (Å²) in [6, 6.07) is 14.0. The fourth-order valence-electron chi connectivity index (χ4n) is 5.53. The maximum atomic E-state index is 10.9. The Labute approximate surface area is 250 Å². The third kappa shape index (κ3) is 8.39. The van der Waals surface area contributed by atoms with Crippen molar-refractivity contribution in [3.05, 3.63) is 57.6 Å². The first kappa shape index (κ1) is 34.5. The van der Waals surface area contributed by atoms with Crippen LogP contribution in [0.3, 0.4) is 0 Å². The summed E-state index contributed by atoms with van der Waals surface area (Å²) in [6.45, 7) is 7.25. The van der Waals surface area contributed by atoms with E-state index in [9.17, 15) is 15.4 Å². The molecule has 3 atom stereocenters. The maximum Gasteiger partial charge on any atom is 0.294 e. The Balaban J connectivity index is 2.29. The molecule has 11 nitrogen and oxygen atoms in total. The highest BCUT2D eigenvalue weighted by Gasteiger charge is 2.45. The van der Waals surface area contributed by atoms with Crippen LogP contribution in [0.4, 0.5) is 0 Å². The fraction of sp³-hybridized carbons (Fsp3) is 0.581.